The molecule has 0 unspecified atom stereocenters. The van der Waals surface area contributed by atoms with Crippen LogP contribution in [-0.4, -0.2) is 31.6 Å². The maximum Gasteiger partial charge on any atom is 0.220 e. The van der Waals surface area contributed by atoms with E-state index < -0.39 is 0 Å². The highest BCUT2D eigenvalue weighted by Crippen LogP contribution is 2.13. The fraction of sp³-hybridized carbons (Fsp3) is 0.562. The molecule has 1 aliphatic heterocycles. The summed E-state index contributed by atoms with van der Waals surface area (Å²) in [6.07, 6.45) is 3.41. The van der Waals surface area contributed by atoms with E-state index in [4.69, 9.17) is 4.74 Å². The average molecular weight is 313 g/mol. The Hall–Kier alpha value is -1.26. The number of carbonyl (C=O) groups is 1. The lowest BCUT2D eigenvalue weighted by atomic mass is 10.1. The predicted molar refractivity (Wildman–Crippen MR) is 87.2 cm³/mol. The van der Waals surface area contributed by atoms with Crippen LogP contribution >= 0.6 is 12.4 Å². The monoisotopic (exact) mass is 312 g/mol. The van der Waals surface area contributed by atoms with Gasteiger partial charge in [-0.1, -0.05) is 12.1 Å². The van der Waals surface area contributed by atoms with Gasteiger partial charge < -0.3 is 15.4 Å². The lowest BCUT2D eigenvalue weighted by Gasteiger charge is -2.23. The molecular formula is C16H25ClN2O2. The Labute approximate surface area is 133 Å². The van der Waals surface area contributed by atoms with Gasteiger partial charge in [0.05, 0.1) is 6.61 Å². The van der Waals surface area contributed by atoms with Crippen LogP contribution in [0.25, 0.3) is 0 Å². The summed E-state index contributed by atoms with van der Waals surface area (Å²) < 4.78 is 5.40. The maximum absolute atomic E-state index is 11.9. The molecule has 1 fully saturated rings. The van der Waals surface area contributed by atoms with Crippen LogP contribution in [0.15, 0.2) is 24.3 Å². The Morgan fingerprint density at radius 2 is 1.95 bits per heavy atom. The largest absolute Gasteiger partial charge is 0.494 e. The first kappa shape index (κ1) is 17.8. The number of benzene rings is 1. The zero-order chi connectivity index (χ0) is 14.2. The van der Waals surface area contributed by atoms with E-state index in [-0.39, 0.29) is 18.3 Å². The molecule has 1 amide bonds. The third-order valence-corrected chi connectivity index (χ3v) is 3.58. The van der Waals surface area contributed by atoms with Crippen molar-refractivity contribution in [3.05, 3.63) is 29.8 Å². The minimum atomic E-state index is 0. The van der Waals surface area contributed by atoms with Crippen LogP contribution in [0.5, 0.6) is 5.75 Å². The van der Waals surface area contributed by atoms with Crippen LogP contribution in [0.3, 0.4) is 0 Å². The molecule has 1 aromatic carbocycles. The lowest BCUT2D eigenvalue weighted by molar-refractivity contribution is -0.121. The second-order valence-corrected chi connectivity index (χ2v) is 5.17. The zero-order valence-electron chi connectivity index (χ0n) is 12.6. The standard InChI is InChI=1S/C16H24N2O2.ClH/c1-2-20-15-6-3-13(4-7-15)5-8-16(19)18-14-9-11-17-12-10-14;/h3-4,6-7,14,17H,2,5,8-12H2,1H3,(H,18,19);1H. The molecule has 0 bridgehead atoms. The van der Waals surface area contributed by atoms with Crippen LogP contribution in [0.2, 0.25) is 0 Å². The molecule has 0 atom stereocenters. The molecule has 1 saturated heterocycles. The zero-order valence-corrected chi connectivity index (χ0v) is 13.4. The predicted octanol–water partition coefficient (Wildman–Crippen LogP) is 2.31. The second-order valence-electron chi connectivity index (χ2n) is 5.17. The van der Waals surface area contributed by atoms with Gasteiger partial charge in [0, 0.05) is 12.5 Å². The number of halogens is 1. The normalized spacial score (nSPS) is 15.1. The van der Waals surface area contributed by atoms with Crippen molar-refractivity contribution in [1.29, 1.82) is 0 Å². The van der Waals surface area contributed by atoms with E-state index in [1.807, 2.05) is 31.2 Å². The van der Waals surface area contributed by atoms with Crippen LogP contribution in [0, 0.1) is 0 Å². The van der Waals surface area contributed by atoms with E-state index >= 15 is 0 Å². The number of aryl methyl sites for hydroxylation is 1. The summed E-state index contributed by atoms with van der Waals surface area (Å²) in [5.41, 5.74) is 1.17. The second kappa shape index (κ2) is 9.64. The molecule has 0 radical (unpaired) electrons. The van der Waals surface area contributed by atoms with Crippen LogP contribution in [0.4, 0.5) is 0 Å². The van der Waals surface area contributed by atoms with Crippen molar-refractivity contribution in [2.24, 2.45) is 0 Å². The van der Waals surface area contributed by atoms with Crippen molar-refractivity contribution in [3.8, 4) is 5.75 Å². The summed E-state index contributed by atoms with van der Waals surface area (Å²) in [4.78, 5) is 11.9. The molecule has 4 nitrogen and oxygen atoms in total. The fourth-order valence-electron chi connectivity index (χ4n) is 2.44. The van der Waals surface area contributed by atoms with Crippen molar-refractivity contribution < 1.29 is 9.53 Å². The summed E-state index contributed by atoms with van der Waals surface area (Å²) >= 11 is 0. The molecule has 0 saturated carbocycles. The third kappa shape index (κ3) is 6.36. The average Bonchev–Trinajstić information content (AvgIpc) is 2.48. The molecule has 21 heavy (non-hydrogen) atoms. The highest BCUT2D eigenvalue weighted by atomic mass is 35.5. The van der Waals surface area contributed by atoms with E-state index in [2.05, 4.69) is 10.6 Å². The Bertz CT molecular complexity index is 417. The summed E-state index contributed by atoms with van der Waals surface area (Å²) in [6.45, 7) is 4.66. The van der Waals surface area contributed by atoms with Gasteiger partial charge >= 0.3 is 0 Å². The van der Waals surface area contributed by atoms with Crippen molar-refractivity contribution in [2.45, 2.75) is 38.6 Å². The first-order valence-corrected chi connectivity index (χ1v) is 7.49. The highest BCUT2D eigenvalue weighted by Gasteiger charge is 2.14. The number of ether oxygens (including phenoxy) is 1. The van der Waals surface area contributed by atoms with Crippen LogP contribution < -0.4 is 15.4 Å². The number of hydrogen-bond donors (Lipinski definition) is 2. The van der Waals surface area contributed by atoms with Crippen LogP contribution in [0.1, 0.15) is 31.7 Å². The molecule has 0 aliphatic carbocycles. The number of carbonyl (C=O) groups excluding carboxylic acids is 1. The number of rotatable bonds is 6. The SMILES string of the molecule is CCOc1ccc(CCC(=O)NC2CCNCC2)cc1.Cl. The number of hydrogen-bond acceptors (Lipinski definition) is 3. The van der Waals surface area contributed by atoms with Gasteiger partial charge in [0.15, 0.2) is 0 Å². The third-order valence-electron chi connectivity index (χ3n) is 3.58. The lowest BCUT2D eigenvalue weighted by Crippen LogP contribution is -2.42. The van der Waals surface area contributed by atoms with Gasteiger partial charge in [0.2, 0.25) is 5.91 Å². The fourth-order valence-corrected chi connectivity index (χ4v) is 2.44. The first-order valence-electron chi connectivity index (χ1n) is 7.49. The summed E-state index contributed by atoms with van der Waals surface area (Å²) in [7, 11) is 0. The topological polar surface area (TPSA) is 50.4 Å². The minimum Gasteiger partial charge on any atom is -0.494 e. The first-order chi connectivity index (χ1) is 9.78. The molecule has 1 heterocycles. The summed E-state index contributed by atoms with van der Waals surface area (Å²) in [5.74, 6) is 1.04. The van der Waals surface area contributed by atoms with Gasteiger partial charge in [0.25, 0.3) is 0 Å². The summed E-state index contributed by atoms with van der Waals surface area (Å²) in [6, 6.07) is 8.34. The van der Waals surface area contributed by atoms with Crippen molar-refractivity contribution in [2.75, 3.05) is 19.7 Å². The molecule has 5 heteroatoms. The molecule has 1 aliphatic rings. The van der Waals surface area contributed by atoms with Crippen molar-refractivity contribution >= 4 is 18.3 Å². The quantitative estimate of drug-likeness (QED) is 0.847. The van der Waals surface area contributed by atoms with E-state index in [1.54, 1.807) is 0 Å². The van der Waals surface area contributed by atoms with E-state index in [0.717, 1.165) is 38.1 Å². The molecule has 0 spiro atoms. The molecule has 2 N–H and O–H groups in total. The molecule has 1 aromatic rings. The van der Waals surface area contributed by atoms with Gasteiger partial charge in [-0.3, -0.25) is 4.79 Å². The summed E-state index contributed by atoms with van der Waals surface area (Å²) in [5, 5.41) is 6.42. The minimum absolute atomic E-state index is 0. The maximum atomic E-state index is 11.9. The highest BCUT2D eigenvalue weighted by molar-refractivity contribution is 5.85. The van der Waals surface area contributed by atoms with E-state index in [0.29, 0.717) is 19.1 Å². The van der Waals surface area contributed by atoms with Gasteiger partial charge in [-0.2, -0.15) is 0 Å². The van der Waals surface area contributed by atoms with Crippen LogP contribution in [-0.2, 0) is 11.2 Å². The Kier molecular flexibility index (Phi) is 8.16. The van der Waals surface area contributed by atoms with E-state index in [1.165, 1.54) is 5.56 Å². The molecular weight excluding hydrogens is 288 g/mol. The van der Waals surface area contributed by atoms with Gasteiger partial charge in [-0.15, -0.1) is 12.4 Å². The van der Waals surface area contributed by atoms with Gasteiger partial charge in [-0.25, -0.2) is 0 Å². The number of piperidine rings is 1. The van der Waals surface area contributed by atoms with E-state index in [9.17, 15) is 4.79 Å². The number of amides is 1. The van der Waals surface area contributed by atoms with Crippen molar-refractivity contribution in [1.82, 2.24) is 10.6 Å². The molecule has 2 rings (SSSR count). The molecule has 0 aromatic heterocycles. The van der Waals surface area contributed by atoms with Gasteiger partial charge in [0.1, 0.15) is 5.75 Å². The smallest absolute Gasteiger partial charge is 0.220 e. The Morgan fingerprint density at radius 3 is 2.57 bits per heavy atom. The van der Waals surface area contributed by atoms with Gasteiger partial charge in [-0.05, 0) is 57.0 Å². The Balaban J connectivity index is 0.00000220. The Morgan fingerprint density at radius 1 is 1.29 bits per heavy atom. The van der Waals surface area contributed by atoms with Crippen molar-refractivity contribution in [3.63, 3.8) is 0 Å². The number of nitrogens with one attached hydrogen (secondary N) is 2. The molecule has 118 valence electrons.